The molecule has 1 aliphatic rings. The van der Waals surface area contributed by atoms with Crippen LogP contribution in [0, 0.1) is 0 Å². The molecule has 1 aliphatic heterocycles. The first-order chi connectivity index (χ1) is 5.88. The van der Waals surface area contributed by atoms with Crippen molar-refractivity contribution in [1.29, 1.82) is 0 Å². The third kappa shape index (κ3) is 1.30. The van der Waals surface area contributed by atoms with E-state index in [1.807, 2.05) is 0 Å². The molecular formula is C8H13N3O. The molecule has 0 bridgehead atoms. The van der Waals surface area contributed by atoms with E-state index in [1.54, 1.807) is 16.9 Å². The molecule has 0 radical (unpaired) electrons. The third-order valence-corrected chi connectivity index (χ3v) is 2.31. The number of H-pyrrole nitrogens is 1. The van der Waals surface area contributed by atoms with Crippen molar-refractivity contribution in [2.45, 2.75) is 18.9 Å². The lowest BCUT2D eigenvalue weighted by Crippen LogP contribution is -2.35. The van der Waals surface area contributed by atoms with Crippen LogP contribution in [0.4, 0.5) is 0 Å². The van der Waals surface area contributed by atoms with Gasteiger partial charge in [-0.1, -0.05) is 0 Å². The Morgan fingerprint density at radius 3 is 3.08 bits per heavy atom. The highest BCUT2D eigenvalue weighted by molar-refractivity contribution is 4.85. The Labute approximate surface area is 70.6 Å². The van der Waals surface area contributed by atoms with Crippen LogP contribution in [-0.4, -0.2) is 22.9 Å². The Morgan fingerprint density at radius 2 is 2.50 bits per heavy atom. The van der Waals surface area contributed by atoms with E-state index in [0.29, 0.717) is 6.04 Å². The quantitative estimate of drug-likeness (QED) is 0.623. The second kappa shape index (κ2) is 3.15. The molecule has 12 heavy (non-hydrogen) atoms. The first kappa shape index (κ1) is 7.61. The molecule has 2 N–H and O–H groups in total. The third-order valence-electron chi connectivity index (χ3n) is 2.31. The fourth-order valence-corrected chi connectivity index (χ4v) is 1.67. The fraction of sp³-hybridized carbons (Fsp3) is 0.625. The fourth-order valence-electron chi connectivity index (χ4n) is 1.67. The number of aromatic nitrogens is 2. The minimum absolute atomic E-state index is 0.0729. The molecule has 0 aliphatic carbocycles. The summed E-state index contributed by atoms with van der Waals surface area (Å²) in [6, 6.07) is 1.88. The van der Waals surface area contributed by atoms with Crippen LogP contribution in [0.25, 0.3) is 0 Å². The Balaban J connectivity index is 2.18. The highest BCUT2D eigenvalue weighted by Crippen LogP contribution is 2.12. The van der Waals surface area contributed by atoms with Crippen molar-refractivity contribution in [2.24, 2.45) is 0 Å². The Kier molecular flexibility index (Phi) is 1.99. The summed E-state index contributed by atoms with van der Waals surface area (Å²) in [5.41, 5.74) is 0.0729. The van der Waals surface area contributed by atoms with Crippen molar-refractivity contribution in [1.82, 2.24) is 15.1 Å². The van der Waals surface area contributed by atoms with E-state index < -0.39 is 0 Å². The minimum Gasteiger partial charge on any atom is -0.315 e. The van der Waals surface area contributed by atoms with Crippen LogP contribution < -0.4 is 10.9 Å². The molecule has 1 atom stereocenters. The molecular weight excluding hydrogens is 154 g/mol. The van der Waals surface area contributed by atoms with Gasteiger partial charge >= 0.3 is 0 Å². The molecule has 0 unspecified atom stereocenters. The highest BCUT2D eigenvalue weighted by atomic mass is 16.1. The van der Waals surface area contributed by atoms with Gasteiger partial charge in [0.15, 0.2) is 0 Å². The van der Waals surface area contributed by atoms with E-state index in [4.69, 9.17) is 0 Å². The van der Waals surface area contributed by atoms with Gasteiger partial charge in [0, 0.05) is 18.8 Å². The van der Waals surface area contributed by atoms with E-state index in [2.05, 4.69) is 10.4 Å². The summed E-state index contributed by atoms with van der Waals surface area (Å²) in [4.78, 5) is 11.2. The van der Waals surface area contributed by atoms with Gasteiger partial charge in [0.25, 0.3) is 5.56 Å². The zero-order valence-corrected chi connectivity index (χ0v) is 6.92. The van der Waals surface area contributed by atoms with Crippen LogP contribution in [0.15, 0.2) is 17.1 Å². The lowest BCUT2D eigenvalue weighted by atomic mass is 10.1. The van der Waals surface area contributed by atoms with Crippen LogP contribution in [0.2, 0.25) is 0 Å². The maximum atomic E-state index is 11.2. The van der Waals surface area contributed by atoms with Crippen molar-refractivity contribution < 1.29 is 0 Å². The van der Waals surface area contributed by atoms with Gasteiger partial charge in [0.2, 0.25) is 0 Å². The molecule has 0 aromatic carbocycles. The number of piperidine rings is 1. The number of hydrogen-bond acceptors (Lipinski definition) is 2. The lowest BCUT2D eigenvalue weighted by molar-refractivity contribution is 0.340. The monoisotopic (exact) mass is 167 g/mol. The van der Waals surface area contributed by atoms with Crippen LogP contribution in [-0.2, 0) is 0 Å². The van der Waals surface area contributed by atoms with Crippen LogP contribution in [0.1, 0.15) is 18.9 Å². The average Bonchev–Trinajstić information content (AvgIpc) is 2.53. The normalized spacial score (nSPS) is 24.2. The first-order valence-electron chi connectivity index (χ1n) is 4.34. The minimum atomic E-state index is 0.0729. The molecule has 1 saturated heterocycles. The molecule has 0 spiro atoms. The molecule has 4 nitrogen and oxygen atoms in total. The van der Waals surface area contributed by atoms with Gasteiger partial charge in [-0.2, -0.15) is 0 Å². The zero-order valence-electron chi connectivity index (χ0n) is 6.92. The Morgan fingerprint density at radius 1 is 1.58 bits per heavy atom. The average molecular weight is 167 g/mol. The summed E-state index contributed by atoms with van der Waals surface area (Å²) < 4.78 is 1.70. The maximum absolute atomic E-state index is 11.2. The van der Waals surface area contributed by atoms with Crippen LogP contribution in [0.3, 0.4) is 0 Å². The number of hydrogen-bond donors (Lipinski definition) is 2. The molecule has 2 heterocycles. The summed E-state index contributed by atoms with van der Waals surface area (Å²) in [5, 5.41) is 6.21. The second-order valence-electron chi connectivity index (χ2n) is 3.17. The van der Waals surface area contributed by atoms with Gasteiger partial charge in [-0.3, -0.25) is 4.79 Å². The first-order valence-corrected chi connectivity index (χ1v) is 4.34. The zero-order chi connectivity index (χ0) is 8.39. The topological polar surface area (TPSA) is 49.8 Å². The number of nitrogens with zero attached hydrogens (tertiary/aromatic N) is 1. The van der Waals surface area contributed by atoms with Crippen LogP contribution in [0.5, 0.6) is 0 Å². The molecule has 0 saturated carbocycles. The molecule has 2 rings (SSSR count). The lowest BCUT2D eigenvalue weighted by Gasteiger charge is -2.22. The molecule has 1 aromatic heterocycles. The molecule has 0 amide bonds. The molecule has 1 aromatic rings. The van der Waals surface area contributed by atoms with E-state index in [0.717, 1.165) is 25.9 Å². The molecule has 66 valence electrons. The van der Waals surface area contributed by atoms with Gasteiger partial charge in [-0.25, -0.2) is 4.68 Å². The van der Waals surface area contributed by atoms with Crippen molar-refractivity contribution in [3.8, 4) is 0 Å². The summed E-state index contributed by atoms with van der Waals surface area (Å²) >= 11 is 0. The smallest absolute Gasteiger partial charge is 0.266 e. The maximum Gasteiger partial charge on any atom is 0.266 e. The molecule has 4 heteroatoms. The highest BCUT2D eigenvalue weighted by Gasteiger charge is 2.15. The number of nitrogens with one attached hydrogen (secondary N) is 2. The van der Waals surface area contributed by atoms with Gasteiger partial charge < -0.3 is 10.4 Å². The second-order valence-corrected chi connectivity index (χ2v) is 3.17. The number of aromatic amines is 1. The predicted octanol–water partition coefficient (Wildman–Crippen LogP) is 0.101. The largest absolute Gasteiger partial charge is 0.315 e. The van der Waals surface area contributed by atoms with E-state index >= 15 is 0 Å². The van der Waals surface area contributed by atoms with Gasteiger partial charge in [0.05, 0.1) is 6.04 Å². The molecule has 1 fully saturated rings. The van der Waals surface area contributed by atoms with Gasteiger partial charge in [0.1, 0.15) is 0 Å². The number of rotatable bonds is 1. The van der Waals surface area contributed by atoms with E-state index in [9.17, 15) is 4.79 Å². The van der Waals surface area contributed by atoms with Crippen molar-refractivity contribution in [2.75, 3.05) is 13.1 Å². The van der Waals surface area contributed by atoms with Gasteiger partial charge in [-0.05, 0) is 19.4 Å². The Bertz CT molecular complexity index is 295. The Hall–Kier alpha value is -1.03. The van der Waals surface area contributed by atoms with Crippen molar-refractivity contribution in [3.63, 3.8) is 0 Å². The van der Waals surface area contributed by atoms with Crippen molar-refractivity contribution in [3.05, 3.63) is 22.6 Å². The summed E-state index contributed by atoms with van der Waals surface area (Å²) in [7, 11) is 0. The standard InChI is InChI=1S/C8H13N3O/c12-8-3-5-10-11(8)7-2-1-4-9-6-7/h3,5,7,9-10H,1-2,4,6H2/t7-/m1/s1. The SMILES string of the molecule is O=c1cc[nH]n1[C@@H]1CCCNC1. The predicted molar refractivity (Wildman–Crippen MR) is 46.2 cm³/mol. The van der Waals surface area contributed by atoms with Crippen molar-refractivity contribution >= 4 is 0 Å². The van der Waals surface area contributed by atoms with E-state index in [1.165, 1.54) is 0 Å². The summed E-state index contributed by atoms with van der Waals surface area (Å²) in [6.07, 6.45) is 3.93. The van der Waals surface area contributed by atoms with Gasteiger partial charge in [-0.15, -0.1) is 0 Å². The summed E-state index contributed by atoms with van der Waals surface area (Å²) in [5.74, 6) is 0. The van der Waals surface area contributed by atoms with Crippen LogP contribution >= 0.6 is 0 Å². The van der Waals surface area contributed by atoms with E-state index in [-0.39, 0.29) is 5.56 Å². The summed E-state index contributed by atoms with van der Waals surface area (Å²) in [6.45, 7) is 1.98.